The molecule has 7 nitrogen and oxygen atoms in total. The highest BCUT2D eigenvalue weighted by Crippen LogP contribution is 2.50. The van der Waals surface area contributed by atoms with Crippen molar-refractivity contribution in [3.05, 3.63) is 59.9 Å². The lowest BCUT2D eigenvalue weighted by molar-refractivity contribution is -0.119. The molecular weight excluding hydrogens is 587 g/mol. The minimum absolute atomic E-state index is 0.0531. The minimum Gasteiger partial charge on any atom is -0.371 e. The molecule has 3 atom stereocenters. The Bertz CT molecular complexity index is 1460. The number of piperidine rings is 1. The summed E-state index contributed by atoms with van der Waals surface area (Å²) in [5.74, 6) is -0.213. The number of carbonyl (C=O) groups excluding carboxylic acids is 1. The fourth-order valence-electron chi connectivity index (χ4n) is 7.91. The van der Waals surface area contributed by atoms with E-state index < -0.39 is 15.3 Å². The number of alkyl halides is 1. The summed E-state index contributed by atoms with van der Waals surface area (Å²) in [6.45, 7) is 4.60. The van der Waals surface area contributed by atoms with Crippen molar-refractivity contribution in [3.8, 4) is 6.07 Å². The predicted octanol–water partition coefficient (Wildman–Crippen LogP) is 4.90. The fourth-order valence-corrected chi connectivity index (χ4v) is 9.64. The Hall–Kier alpha value is -2.67. The van der Waals surface area contributed by atoms with Gasteiger partial charge in [-0.1, -0.05) is 18.6 Å². The van der Waals surface area contributed by atoms with Crippen LogP contribution in [0.5, 0.6) is 0 Å². The van der Waals surface area contributed by atoms with E-state index in [-0.39, 0.29) is 40.7 Å². The molecule has 43 heavy (non-hydrogen) atoms. The number of likely N-dealkylation sites (tertiary alicyclic amines) is 1. The van der Waals surface area contributed by atoms with E-state index in [4.69, 9.17) is 11.6 Å². The molecule has 1 amide bonds. The predicted molar refractivity (Wildman–Crippen MR) is 165 cm³/mol. The molecule has 2 aromatic carbocycles. The highest BCUT2D eigenvalue weighted by molar-refractivity contribution is 7.92. The molecule has 2 aliphatic carbocycles. The summed E-state index contributed by atoms with van der Waals surface area (Å²) in [4.78, 5) is 17.5. The van der Waals surface area contributed by atoms with Gasteiger partial charge < -0.3 is 15.1 Å². The number of nitriles is 1. The van der Waals surface area contributed by atoms with Crippen LogP contribution in [0.25, 0.3) is 0 Å². The number of sulfone groups is 1. The van der Waals surface area contributed by atoms with E-state index in [9.17, 15) is 22.9 Å². The second-order valence-electron chi connectivity index (χ2n) is 12.9. The van der Waals surface area contributed by atoms with Crippen LogP contribution in [0.3, 0.4) is 0 Å². The monoisotopic (exact) mass is 626 g/mol. The number of hydrogen-bond acceptors (Lipinski definition) is 6. The molecule has 4 aliphatic rings. The zero-order chi connectivity index (χ0) is 30.2. The Kier molecular flexibility index (Phi) is 8.74. The molecule has 0 bridgehead atoms. The maximum atomic E-state index is 14.5. The molecular formula is C33H40ClFN4O3S. The third-order valence-corrected chi connectivity index (χ3v) is 12.8. The second-order valence-corrected chi connectivity index (χ2v) is 15.4. The van der Waals surface area contributed by atoms with Crippen LogP contribution >= 0.6 is 11.6 Å². The number of nitrogens with one attached hydrogen (secondary N) is 1. The number of nitrogens with zero attached hydrogens (tertiary/aromatic N) is 3. The highest BCUT2D eigenvalue weighted by Gasteiger charge is 2.52. The smallest absolute Gasteiger partial charge is 0.235 e. The Morgan fingerprint density at radius 3 is 2.40 bits per heavy atom. The number of amides is 1. The van der Waals surface area contributed by atoms with Gasteiger partial charge in [0.15, 0.2) is 9.84 Å². The molecule has 2 heterocycles. The number of hydrogen-bond donors (Lipinski definition) is 1. The van der Waals surface area contributed by atoms with Gasteiger partial charge in [-0.15, -0.1) is 11.6 Å². The van der Waals surface area contributed by atoms with Gasteiger partial charge in [0.1, 0.15) is 11.7 Å². The first kappa shape index (κ1) is 30.4. The lowest BCUT2D eigenvalue weighted by atomic mass is 9.59. The quantitative estimate of drug-likeness (QED) is 0.377. The lowest BCUT2D eigenvalue weighted by Crippen LogP contribution is -2.55. The Morgan fingerprint density at radius 2 is 1.77 bits per heavy atom. The van der Waals surface area contributed by atoms with Crippen molar-refractivity contribution in [3.63, 3.8) is 0 Å². The first-order valence-electron chi connectivity index (χ1n) is 15.6. The largest absolute Gasteiger partial charge is 0.371 e. The van der Waals surface area contributed by atoms with Crippen molar-refractivity contribution in [2.24, 2.45) is 17.8 Å². The average Bonchev–Trinajstić information content (AvgIpc) is 3.77. The molecule has 4 fully saturated rings. The van der Waals surface area contributed by atoms with Gasteiger partial charge in [-0.25, -0.2) is 12.8 Å². The van der Waals surface area contributed by atoms with Crippen LogP contribution in [0.1, 0.15) is 50.5 Å². The van der Waals surface area contributed by atoms with Gasteiger partial charge in [0.25, 0.3) is 0 Å². The molecule has 1 N–H and O–H groups in total. The standard InChI is InChI=1S/C33H40ClFN4O3S/c34-18-32(40)37-31-6-2-5-30(31)33(22-36,25-3-1-4-26(35)17-25)24-13-15-38(16-14-24)19-23-20-39(21-23)27-7-9-28(10-8-27)43(41,42)29-11-12-29/h1,3-4,7-10,17,23-24,29-31H,2,5-6,11-16,18-21H2,(H,37,40)/t30-,31-,33-/m0/s1. The number of carbonyl (C=O) groups is 1. The van der Waals surface area contributed by atoms with Gasteiger partial charge in [-0.3, -0.25) is 4.79 Å². The van der Waals surface area contributed by atoms with Gasteiger partial charge in [-0.05, 0) is 99.5 Å². The SMILES string of the molecule is N#C[C@@](c1cccc(F)c1)(C1CCN(CC2CN(c3ccc(S(=O)(=O)C4CC4)cc3)C2)CC1)[C@H]1CCC[C@@H]1NC(=O)CCl. The van der Waals surface area contributed by atoms with Gasteiger partial charge in [0.05, 0.1) is 21.6 Å². The van der Waals surface area contributed by atoms with Crippen LogP contribution in [0.2, 0.25) is 0 Å². The first-order valence-corrected chi connectivity index (χ1v) is 17.7. The topological polar surface area (TPSA) is 93.5 Å². The summed E-state index contributed by atoms with van der Waals surface area (Å²) >= 11 is 5.81. The van der Waals surface area contributed by atoms with E-state index in [1.165, 1.54) is 12.1 Å². The van der Waals surface area contributed by atoms with E-state index in [0.717, 1.165) is 88.9 Å². The van der Waals surface area contributed by atoms with E-state index in [1.54, 1.807) is 18.2 Å². The zero-order valence-electron chi connectivity index (χ0n) is 24.4. The third kappa shape index (κ3) is 6.03. The lowest BCUT2D eigenvalue weighted by Gasteiger charge is -2.48. The van der Waals surface area contributed by atoms with Crippen LogP contribution in [0, 0.1) is 34.9 Å². The van der Waals surface area contributed by atoms with Crippen molar-refractivity contribution >= 4 is 33.0 Å². The third-order valence-electron chi connectivity index (χ3n) is 10.3. The fraction of sp³-hybridized carbons (Fsp3) is 0.576. The summed E-state index contributed by atoms with van der Waals surface area (Å²) in [7, 11) is -3.17. The molecule has 0 unspecified atom stereocenters. The highest BCUT2D eigenvalue weighted by atomic mass is 35.5. The molecule has 230 valence electrons. The molecule has 0 aromatic heterocycles. The first-order chi connectivity index (χ1) is 20.7. The maximum absolute atomic E-state index is 14.5. The van der Waals surface area contributed by atoms with E-state index in [1.807, 2.05) is 18.2 Å². The van der Waals surface area contributed by atoms with E-state index in [2.05, 4.69) is 21.2 Å². The second kappa shape index (κ2) is 12.4. The molecule has 2 aliphatic heterocycles. The van der Waals surface area contributed by atoms with Gasteiger partial charge in [0.2, 0.25) is 5.91 Å². The minimum atomic E-state index is -3.17. The van der Waals surface area contributed by atoms with Crippen molar-refractivity contribution in [2.75, 3.05) is 43.5 Å². The normalized spacial score (nSPS) is 25.1. The zero-order valence-corrected chi connectivity index (χ0v) is 26.0. The summed E-state index contributed by atoms with van der Waals surface area (Å²) in [6, 6.07) is 16.4. The van der Waals surface area contributed by atoms with Gasteiger partial charge in [0, 0.05) is 43.2 Å². The van der Waals surface area contributed by atoms with Gasteiger partial charge >= 0.3 is 0 Å². The summed E-state index contributed by atoms with van der Waals surface area (Å²) in [5.41, 5.74) is 0.892. The van der Waals surface area contributed by atoms with E-state index in [0.29, 0.717) is 10.8 Å². The molecule has 2 aromatic rings. The number of rotatable bonds is 10. The van der Waals surface area contributed by atoms with Crippen molar-refractivity contribution in [1.29, 1.82) is 5.26 Å². The summed E-state index contributed by atoms with van der Waals surface area (Å²) in [6.07, 6.45) is 5.72. The van der Waals surface area contributed by atoms with Crippen LogP contribution in [0.15, 0.2) is 53.4 Å². The molecule has 2 saturated heterocycles. The van der Waals surface area contributed by atoms with Crippen molar-refractivity contribution in [1.82, 2.24) is 10.2 Å². The summed E-state index contributed by atoms with van der Waals surface area (Å²) in [5, 5.41) is 13.7. The molecule has 0 spiro atoms. The van der Waals surface area contributed by atoms with Crippen LogP contribution in [-0.4, -0.2) is 69.1 Å². The Balaban J connectivity index is 1.09. The van der Waals surface area contributed by atoms with Crippen LogP contribution < -0.4 is 10.2 Å². The van der Waals surface area contributed by atoms with Crippen molar-refractivity contribution < 1.29 is 17.6 Å². The van der Waals surface area contributed by atoms with Crippen LogP contribution in [0.4, 0.5) is 10.1 Å². The summed E-state index contributed by atoms with van der Waals surface area (Å²) < 4.78 is 39.5. The number of benzene rings is 2. The molecule has 0 radical (unpaired) electrons. The Morgan fingerprint density at radius 1 is 1.05 bits per heavy atom. The van der Waals surface area contributed by atoms with Gasteiger partial charge in [-0.2, -0.15) is 5.26 Å². The maximum Gasteiger partial charge on any atom is 0.235 e. The number of anilines is 1. The molecule has 6 rings (SSSR count). The van der Waals surface area contributed by atoms with Crippen molar-refractivity contribution in [2.45, 2.75) is 66.5 Å². The average molecular weight is 627 g/mol. The molecule has 10 heteroatoms. The van der Waals surface area contributed by atoms with Crippen LogP contribution in [-0.2, 0) is 20.0 Å². The molecule has 2 saturated carbocycles. The number of halogens is 2. The Labute approximate surface area is 259 Å². The van der Waals surface area contributed by atoms with E-state index >= 15 is 0 Å².